The third-order valence-corrected chi connectivity index (χ3v) is 7.56. The summed E-state index contributed by atoms with van der Waals surface area (Å²) in [4.78, 5) is 64.9. The molecule has 1 saturated heterocycles. The highest BCUT2D eigenvalue weighted by atomic mass is 35.5. The average Bonchev–Trinajstić information content (AvgIpc) is 3.49. The van der Waals surface area contributed by atoms with Crippen LogP contribution in [0.5, 0.6) is 5.75 Å². The number of hydrogen-bond acceptors (Lipinski definition) is 10. The van der Waals surface area contributed by atoms with Crippen LogP contribution in [0.3, 0.4) is 0 Å². The van der Waals surface area contributed by atoms with Gasteiger partial charge < -0.3 is 24.1 Å². The fourth-order valence-electron chi connectivity index (χ4n) is 4.88. The van der Waals surface area contributed by atoms with Crippen LogP contribution in [0.4, 0.5) is 4.39 Å². The van der Waals surface area contributed by atoms with Gasteiger partial charge in [0.1, 0.15) is 19.1 Å². The van der Waals surface area contributed by atoms with Crippen LogP contribution in [0, 0.1) is 5.82 Å². The molecule has 3 heterocycles. The van der Waals surface area contributed by atoms with Crippen molar-refractivity contribution in [2.45, 2.75) is 45.1 Å². The monoisotopic (exact) mass is 669 g/mol. The summed E-state index contributed by atoms with van der Waals surface area (Å²) >= 11 is 6.18. The molecule has 0 spiro atoms. The Hall–Kier alpha value is -4.73. The van der Waals surface area contributed by atoms with Gasteiger partial charge in [0, 0.05) is 30.9 Å². The maximum Gasteiger partial charge on any atom is 0.343 e. The summed E-state index contributed by atoms with van der Waals surface area (Å²) in [5, 5.41) is 9.78. The van der Waals surface area contributed by atoms with Crippen LogP contribution in [0.2, 0.25) is 5.02 Å². The van der Waals surface area contributed by atoms with Crippen LogP contribution < -0.4 is 21.5 Å². The van der Waals surface area contributed by atoms with Crippen LogP contribution in [0.1, 0.15) is 45.9 Å². The van der Waals surface area contributed by atoms with Crippen molar-refractivity contribution in [2.75, 3.05) is 13.2 Å². The van der Waals surface area contributed by atoms with Crippen molar-refractivity contribution in [3.63, 3.8) is 0 Å². The molecule has 3 atom stereocenters. The molecule has 0 bridgehead atoms. The molecule has 4 aromatic rings. The zero-order chi connectivity index (χ0) is 33.7. The standard InChI is InChI=1S/C32H29ClFN3O10/c1-2-44-18-35-14-22(33)24(12-27(35)39)47-31(42)21-10-6-9-20(11-21)29(40)37-30(41)23(34)15-36(32(37)43)28-13-25(26(16-38)46-28)45-17-19-7-4-3-5-8-19/h3-12,14-15,25-26,28,38H,2,13,16-18H2,1H3/t25-,26+,28+/m0/s1. The lowest BCUT2D eigenvalue weighted by Gasteiger charge is -2.17. The first-order valence-electron chi connectivity index (χ1n) is 14.4. The lowest BCUT2D eigenvalue weighted by atomic mass is 10.1. The number of rotatable bonds is 11. The van der Waals surface area contributed by atoms with E-state index in [0.717, 1.165) is 22.3 Å². The molecule has 1 N–H and O–H groups in total. The Morgan fingerprint density at radius 1 is 1.04 bits per heavy atom. The third-order valence-electron chi connectivity index (χ3n) is 7.28. The summed E-state index contributed by atoms with van der Waals surface area (Å²) in [7, 11) is 0. The summed E-state index contributed by atoms with van der Waals surface area (Å²) in [5.74, 6) is -3.91. The van der Waals surface area contributed by atoms with Gasteiger partial charge in [0.2, 0.25) is 5.82 Å². The van der Waals surface area contributed by atoms with E-state index in [1.165, 1.54) is 29.0 Å². The van der Waals surface area contributed by atoms with E-state index in [4.69, 9.17) is 30.5 Å². The van der Waals surface area contributed by atoms with Crippen LogP contribution in [-0.4, -0.2) is 56.1 Å². The molecule has 5 rings (SSSR count). The topological polar surface area (TPSA) is 157 Å². The van der Waals surface area contributed by atoms with E-state index in [9.17, 15) is 33.5 Å². The Labute approximate surface area is 270 Å². The molecule has 47 heavy (non-hydrogen) atoms. The summed E-state index contributed by atoms with van der Waals surface area (Å²) in [6.45, 7) is 1.76. The molecular formula is C32H29ClFN3O10. The smallest absolute Gasteiger partial charge is 0.343 e. The van der Waals surface area contributed by atoms with Gasteiger partial charge in [0.25, 0.3) is 17.0 Å². The summed E-state index contributed by atoms with van der Waals surface area (Å²) in [5.41, 5.74) is -2.94. The Bertz CT molecular complexity index is 1960. The van der Waals surface area contributed by atoms with E-state index in [0.29, 0.717) is 12.8 Å². The number of halogens is 2. The van der Waals surface area contributed by atoms with Crippen molar-refractivity contribution >= 4 is 23.5 Å². The number of nitrogens with zero attached hydrogens (tertiary/aromatic N) is 3. The van der Waals surface area contributed by atoms with E-state index >= 15 is 0 Å². The first-order valence-corrected chi connectivity index (χ1v) is 14.8. The summed E-state index contributed by atoms with van der Waals surface area (Å²) in [6, 6.07) is 15.0. The Kier molecular flexibility index (Phi) is 10.6. The minimum absolute atomic E-state index is 0.00384. The molecule has 1 aliphatic rings. The fourth-order valence-corrected chi connectivity index (χ4v) is 5.09. The van der Waals surface area contributed by atoms with Gasteiger partial charge >= 0.3 is 11.7 Å². The largest absolute Gasteiger partial charge is 0.421 e. The number of aliphatic hydroxyl groups excluding tert-OH is 1. The van der Waals surface area contributed by atoms with Gasteiger partial charge in [-0.05, 0) is 30.7 Å². The molecule has 0 amide bonds. The van der Waals surface area contributed by atoms with Gasteiger partial charge in [0.05, 0.1) is 36.1 Å². The highest BCUT2D eigenvalue weighted by Gasteiger charge is 2.38. The number of aliphatic hydroxyl groups is 1. The predicted octanol–water partition coefficient (Wildman–Crippen LogP) is 2.73. The Morgan fingerprint density at radius 3 is 2.51 bits per heavy atom. The summed E-state index contributed by atoms with van der Waals surface area (Å²) < 4.78 is 39.0. The van der Waals surface area contributed by atoms with Crippen molar-refractivity contribution in [1.29, 1.82) is 0 Å². The second kappa shape index (κ2) is 14.8. The molecule has 0 aliphatic carbocycles. The molecule has 1 fully saturated rings. The number of carbonyl (C=O) groups is 2. The second-order valence-corrected chi connectivity index (χ2v) is 10.8. The second-order valence-electron chi connectivity index (χ2n) is 10.4. The number of aromatic nitrogens is 3. The molecule has 0 saturated carbocycles. The van der Waals surface area contributed by atoms with Gasteiger partial charge in [-0.25, -0.2) is 9.59 Å². The quantitative estimate of drug-likeness (QED) is 0.236. The van der Waals surface area contributed by atoms with Crippen molar-refractivity contribution in [1.82, 2.24) is 13.7 Å². The summed E-state index contributed by atoms with van der Waals surface area (Å²) in [6.07, 6.45) is -0.869. The Morgan fingerprint density at radius 2 is 1.79 bits per heavy atom. The van der Waals surface area contributed by atoms with Gasteiger partial charge in [0.15, 0.2) is 5.75 Å². The van der Waals surface area contributed by atoms with Crippen molar-refractivity contribution in [3.05, 3.63) is 132 Å². The van der Waals surface area contributed by atoms with Gasteiger partial charge in [-0.3, -0.25) is 23.5 Å². The van der Waals surface area contributed by atoms with Gasteiger partial charge in [-0.15, -0.1) is 0 Å². The minimum Gasteiger partial charge on any atom is -0.421 e. The first kappa shape index (κ1) is 33.6. The molecular weight excluding hydrogens is 641 g/mol. The van der Waals surface area contributed by atoms with Gasteiger partial charge in [-0.2, -0.15) is 8.96 Å². The van der Waals surface area contributed by atoms with E-state index < -0.39 is 59.5 Å². The number of pyridine rings is 1. The molecule has 0 radical (unpaired) electrons. The predicted molar refractivity (Wildman–Crippen MR) is 164 cm³/mol. The van der Waals surface area contributed by atoms with Crippen LogP contribution in [0.25, 0.3) is 0 Å². The molecule has 15 heteroatoms. The third kappa shape index (κ3) is 7.48. The van der Waals surface area contributed by atoms with Crippen molar-refractivity contribution < 1.29 is 38.0 Å². The molecule has 2 aromatic heterocycles. The molecule has 2 aromatic carbocycles. The first-order chi connectivity index (χ1) is 22.6. The molecule has 246 valence electrons. The van der Waals surface area contributed by atoms with E-state index in [-0.39, 0.29) is 46.2 Å². The van der Waals surface area contributed by atoms with E-state index in [1.54, 1.807) is 6.92 Å². The molecule has 0 unspecified atom stereocenters. The van der Waals surface area contributed by atoms with Crippen LogP contribution >= 0.6 is 11.6 Å². The van der Waals surface area contributed by atoms with Crippen LogP contribution in [0.15, 0.2) is 87.4 Å². The van der Waals surface area contributed by atoms with E-state index in [2.05, 4.69) is 0 Å². The molecule has 13 nitrogen and oxygen atoms in total. The number of hydrogen-bond donors (Lipinski definition) is 1. The van der Waals surface area contributed by atoms with Crippen LogP contribution in [-0.2, 0) is 27.5 Å². The van der Waals surface area contributed by atoms with E-state index in [1.807, 2.05) is 30.3 Å². The maximum absolute atomic E-state index is 14.9. The SMILES string of the molecule is CCOCn1cc(Cl)c(OC(=O)c2cccc(C(=O)n3c(=O)c(F)cn([C@H]4C[C@H](OCc5ccccc5)[C@@H](CO)O4)c3=O)c2)cc1=O. The zero-order valence-corrected chi connectivity index (χ0v) is 25.7. The van der Waals surface area contributed by atoms with Crippen molar-refractivity contribution in [2.24, 2.45) is 0 Å². The number of esters is 1. The Balaban J connectivity index is 1.37. The highest BCUT2D eigenvalue weighted by Crippen LogP contribution is 2.30. The number of carbonyl (C=O) groups excluding carboxylic acids is 2. The zero-order valence-electron chi connectivity index (χ0n) is 24.9. The maximum atomic E-state index is 14.9. The minimum atomic E-state index is -1.52. The average molecular weight is 670 g/mol. The van der Waals surface area contributed by atoms with Gasteiger partial charge in [-0.1, -0.05) is 48.0 Å². The molecule has 1 aliphatic heterocycles. The lowest BCUT2D eigenvalue weighted by molar-refractivity contribution is -0.0661. The van der Waals surface area contributed by atoms with Crippen molar-refractivity contribution in [3.8, 4) is 5.75 Å². The number of benzene rings is 2. The highest BCUT2D eigenvalue weighted by molar-refractivity contribution is 6.32. The fraction of sp³-hybridized carbons (Fsp3) is 0.281. The number of ether oxygens (including phenoxy) is 4. The lowest BCUT2D eigenvalue weighted by Crippen LogP contribution is -2.46. The normalized spacial score (nSPS) is 17.5.